The van der Waals surface area contributed by atoms with Crippen molar-refractivity contribution in [1.29, 1.82) is 0 Å². The molecule has 1 aromatic rings. The van der Waals surface area contributed by atoms with Crippen LogP contribution in [0.3, 0.4) is 0 Å². The third-order valence-electron chi connectivity index (χ3n) is 2.89. The van der Waals surface area contributed by atoms with Gasteiger partial charge in [0.2, 0.25) is 0 Å². The monoisotopic (exact) mass is 399 g/mol. The van der Waals surface area contributed by atoms with E-state index in [1.807, 2.05) is 24.3 Å². The van der Waals surface area contributed by atoms with Crippen LogP contribution < -0.4 is 0 Å². The number of halogens is 1. The summed E-state index contributed by atoms with van der Waals surface area (Å²) in [5.41, 5.74) is 0.925. The summed E-state index contributed by atoms with van der Waals surface area (Å²) in [7, 11) is 0. The third kappa shape index (κ3) is 4.41. The van der Waals surface area contributed by atoms with Crippen molar-refractivity contribution in [1.82, 2.24) is 4.90 Å². The summed E-state index contributed by atoms with van der Waals surface area (Å²) in [6, 6.07) is 7.64. The van der Waals surface area contributed by atoms with Gasteiger partial charge in [-0.15, -0.1) is 0 Å². The molecule has 1 heterocycles. The number of amides is 1. The molecule has 0 unspecified atom stereocenters. The van der Waals surface area contributed by atoms with Gasteiger partial charge in [0.05, 0.1) is 17.9 Å². The van der Waals surface area contributed by atoms with E-state index in [0.717, 1.165) is 10.0 Å². The Balaban J connectivity index is 2.05. The second kappa shape index (κ2) is 7.89. The molecule has 1 amide bonds. The number of esters is 1. The van der Waals surface area contributed by atoms with Crippen molar-refractivity contribution in [2.45, 2.75) is 13.3 Å². The first-order chi connectivity index (χ1) is 10.5. The molecule has 1 aliphatic heterocycles. The average Bonchev–Trinajstić information content (AvgIpc) is 2.74. The third-order valence-corrected chi connectivity index (χ3v) is 4.79. The summed E-state index contributed by atoms with van der Waals surface area (Å²) in [4.78, 5) is 25.7. The lowest BCUT2D eigenvalue weighted by Gasteiger charge is -2.13. The summed E-state index contributed by atoms with van der Waals surface area (Å²) < 4.78 is 6.31. The van der Waals surface area contributed by atoms with Crippen LogP contribution >= 0.6 is 39.9 Å². The van der Waals surface area contributed by atoms with E-state index in [1.54, 1.807) is 13.0 Å². The summed E-state index contributed by atoms with van der Waals surface area (Å²) in [6.45, 7) is 2.33. The number of rotatable bonds is 5. The van der Waals surface area contributed by atoms with Gasteiger partial charge in [0.1, 0.15) is 4.32 Å². The van der Waals surface area contributed by atoms with Crippen LogP contribution in [0.4, 0.5) is 0 Å². The SMILES string of the molecule is CCOC(=O)CCN1C(=O)/C(=C/c2ccc(Br)cc2)SC1=S. The molecule has 116 valence electrons. The summed E-state index contributed by atoms with van der Waals surface area (Å²) >= 11 is 9.84. The second-order valence-corrected chi connectivity index (χ2v) is 7.03. The minimum Gasteiger partial charge on any atom is -0.466 e. The van der Waals surface area contributed by atoms with Crippen molar-refractivity contribution >= 4 is 62.2 Å². The van der Waals surface area contributed by atoms with Crippen molar-refractivity contribution < 1.29 is 14.3 Å². The molecule has 0 N–H and O–H groups in total. The smallest absolute Gasteiger partial charge is 0.307 e. The predicted octanol–water partition coefficient (Wildman–Crippen LogP) is 3.60. The van der Waals surface area contributed by atoms with Crippen LogP contribution in [0.1, 0.15) is 18.9 Å². The molecular formula is C15H14BrNO3S2. The number of hydrogen-bond acceptors (Lipinski definition) is 5. The Morgan fingerprint density at radius 1 is 1.41 bits per heavy atom. The van der Waals surface area contributed by atoms with Crippen LogP contribution in [-0.2, 0) is 14.3 Å². The first-order valence-electron chi connectivity index (χ1n) is 6.68. The quantitative estimate of drug-likeness (QED) is 0.429. The molecule has 7 heteroatoms. The van der Waals surface area contributed by atoms with Gasteiger partial charge in [0, 0.05) is 11.0 Å². The molecule has 0 atom stereocenters. The van der Waals surface area contributed by atoms with Crippen LogP contribution in [0.5, 0.6) is 0 Å². The van der Waals surface area contributed by atoms with Gasteiger partial charge in [-0.05, 0) is 30.7 Å². The van der Waals surface area contributed by atoms with Crippen molar-refractivity contribution in [3.05, 3.63) is 39.2 Å². The van der Waals surface area contributed by atoms with Gasteiger partial charge in [0.25, 0.3) is 5.91 Å². The zero-order valence-corrected chi connectivity index (χ0v) is 15.1. The standard InChI is InChI=1S/C15H14BrNO3S2/c1-2-20-13(18)7-8-17-14(19)12(22-15(17)21)9-10-3-5-11(16)6-4-10/h3-6,9H,2,7-8H2,1H3/b12-9-. The Hall–Kier alpha value is -1.18. The van der Waals surface area contributed by atoms with E-state index in [0.29, 0.717) is 15.8 Å². The van der Waals surface area contributed by atoms with Gasteiger partial charge in [0.15, 0.2) is 0 Å². The van der Waals surface area contributed by atoms with Crippen molar-refractivity contribution in [3.8, 4) is 0 Å². The van der Waals surface area contributed by atoms with Gasteiger partial charge in [-0.3, -0.25) is 14.5 Å². The average molecular weight is 400 g/mol. The summed E-state index contributed by atoms with van der Waals surface area (Å²) in [6.07, 6.45) is 1.95. The van der Waals surface area contributed by atoms with Crippen LogP contribution in [0.25, 0.3) is 6.08 Å². The van der Waals surface area contributed by atoms with Crippen molar-refractivity contribution in [3.63, 3.8) is 0 Å². The van der Waals surface area contributed by atoms with E-state index in [2.05, 4.69) is 15.9 Å². The molecule has 0 aromatic heterocycles. The minimum atomic E-state index is -0.326. The van der Waals surface area contributed by atoms with E-state index in [1.165, 1.54) is 16.7 Å². The number of carbonyl (C=O) groups excluding carboxylic acids is 2. The van der Waals surface area contributed by atoms with Gasteiger partial charge >= 0.3 is 5.97 Å². The Kier molecular flexibility index (Phi) is 6.16. The first-order valence-corrected chi connectivity index (χ1v) is 8.69. The molecular weight excluding hydrogens is 386 g/mol. The van der Waals surface area contributed by atoms with Gasteiger partial charge in [-0.2, -0.15) is 0 Å². The van der Waals surface area contributed by atoms with E-state index in [4.69, 9.17) is 17.0 Å². The highest BCUT2D eigenvalue weighted by molar-refractivity contribution is 9.10. The highest BCUT2D eigenvalue weighted by Gasteiger charge is 2.32. The molecule has 0 saturated carbocycles. The van der Waals surface area contributed by atoms with E-state index >= 15 is 0 Å². The van der Waals surface area contributed by atoms with E-state index in [-0.39, 0.29) is 24.8 Å². The Morgan fingerprint density at radius 3 is 2.73 bits per heavy atom. The zero-order valence-electron chi connectivity index (χ0n) is 11.9. The Bertz CT molecular complexity index is 628. The Morgan fingerprint density at radius 2 is 2.09 bits per heavy atom. The number of carbonyl (C=O) groups is 2. The lowest BCUT2D eigenvalue weighted by molar-refractivity contribution is -0.143. The maximum absolute atomic E-state index is 12.3. The molecule has 0 aliphatic carbocycles. The number of benzene rings is 1. The molecule has 1 fully saturated rings. The molecule has 0 radical (unpaired) electrons. The molecule has 0 bridgehead atoms. The number of ether oxygens (including phenoxy) is 1. The van der Waals surface area contributed by atoms with Crippen molar-refractivity contribution in [2.75, 3.05) is 13.2 Å². The fraction of sp³-hybridized carbons (Fsp3) is 0.267. The number of nitrogens with zero attached hydrogens (tertiary/aromatic N) is 1. The van der Waals surface area contributed by atoms with E-state index < -0.39 is 0 Å². The van der Waals surface area contributed by atoms with E-state index in [9.17, 15) is 9.59 Å². The van der Waals surface area contributed by atoms with Crippen LogP contribution in [0.2, 0.25) is 0 Å². The van der Waals surface area contributed by atoms with Crippen LogP contribution in [-0.4, -0.2) is 34.2 Å². The Labute approximate surface area is 147 Å². The van der Waals surface area contributed by atoms with Crippen molar-refractivity contribution in [2.24, 2.45) is 0 Å². The minimum absolute atomic E-state index is 0.145. The molecule has 1 aromatic carbocycles. The molecule has 22 heavy (non-hydrogen) atoms. The van der Waals surface area contributed by atoms with Crippen LogP contribution in [0.15, 0.2) is 33.6 Å². The lowest BCUT2D eigenvalue weighted by atomic mass is 10.2. The predicted molar refractivity (Wildman–Crippen MR) is 95.3 cm³/mol. The normalized spacial score (nSPS) is 16.5. The maximum atomic E-state index is 12.3. The topological polar surface area (TPSA) is 46.6 Å². The summed E-state index contributed by atoms with van der Waals surface area (Å²) in [5.74, 6) is -0.490. The van der Waals surface area contributed by atoms with Gasteiger partial charge in [-0.25, -0.2) is 0 Å². The lowest BCUT2D eigenvalue weighted by Crippen LogP contribution is -2.30. The molecule has 2 rings (SSSR count). The van der Waals surface area contributed by atoms with Gasteiger partial charge in [-0.1, -0.05) is 52.0 Å². The molecule has 0 spiro atoms. The van der Waals surface area contributed by atoms with Crippen LogP contribution in [0, 0.1) is 0 Å². The number of thiocarbonyl (C=S) groups is 1. The summed E-state index contributed by atoms with van der Waals surface area (Å²) in [5, 5.41) is 0. The molecule has 4 nitrogen and oxygen atoms in total. The van der Waals surface area contributed by atoms with Gasteiger partial charge < -0.3 is 4.74 Å². The molecule has 1 aliphatic rings. The zero-order chi connectivity index (χ0) is 16.1. The fourth-order valence-electron chi connectivity index (χ4n) is 1.84. The highest BCUT2D eigenvalue weighted by atomic mass is 79.9. The first kappa shape index (κ1) is 17.2. The number of thioether (sulfide) groups is 1. The fourth-order valence-corrected chi connectivity index (χ4v) is 3.41. The number of hydrogen-bond donors (Lipinski definition) is 0. The molecule has 1 saturated heterocycles. The highest BCUT2D eigenvalue weighted by Crippen LogP contribution is 2.32. The second-order valence-electron chi connectivity index (χ2n) is 4.44. The maximum Gasteiger partial charge on any atom is 0.307 e. The largest absolute Gasteiger partial charge is 0.466 e.